The van der Waals surface area contributed by atoms with Crippen molar-refractivity contribution in [3.05, 3.63) is 28.2 Å². The summed E-state index contributed by atoms with van der Waals surface area (Å²) in [7, 11) is 1.62. The lowest BCUT2D eigenvalue weighted by Crippen LogP contribution is -2.09. The maximum atomic E-state index is 10.9. The van der Waals surface area contributed by atoms with Gasteiger partial charge in [0.2, 0.25) is 0 Å². The molecule has 0 bridgehead atoms. The Hall–Kier alpha value is -1.03. The zero-order valence-electron chi connectivity index (χ0n) is 9.65. The zero-order valence-corrected chi connectivity index (χ0v) is 11.2. The number of hydrogen-bond donors (Lipinski definition) is 1. The molecule has 0 aromatic heterocycles. The molecule has 17 heavy (non-hydrogen) atoms. The van der Waals surface area contributed by atoms with Crippen molar-refractivity contribution in [2.45, 2.75) is 25.2 Å². The van der Waals surface area contributed by atoms with Gasteiger partial charge in [-0.2, -0.15) is 0 Å². The average Bonchev–Trinajstić information content (AvgIpc) is 3.09. The van der Waals surface area contributed by atoms with Crippen molar-refractivity contribution in [3.63, 3.8) is 0 Å². The van der Waals surface area contributed by atoms with Crippen LogP contribution in [0, 0.1) is 5.92 Å². The third-order valence-corrected chi connectivity index (χ3v) is 3.67. The quantitative estimate of drug-likeness (QED) is 0.906. The van der Waals surface area contributed by atoms with Crippen LogP contribution in [0.2, 0.25) is 0 Å². The fraction of sp³-hybridized carbons (Fsp3) is 0.462. The van der Waals surface area contributed by atoms with E-state index in [-0.39, 0.29) is 12.3 Å². The van der Waals surface area contributed by atoms with E-state index in [1.54, 1.807) is 7.11 Å². The Bertz CT molecular complexity index is 427. The van der Waals surface area contributed by atoms with Crippen molar-refractivity contribution in [2.75, 3.05) is 7.11 Å². The number of rotatable bonds is 5. The van der Waals surface area contributed by atoms with Gasteiger partial charge in [0.1, 0.15) is 5.75 Å². The highest BCUT2D eigenvalue weighted by Crippen LogP contribution is 2.47. The summed E-state index contributed by atoms with van der Waals surface area (Å²) < 4.78 is 6.29. The van der Waals surface area contributed by atoms with E-state index < -0.39 is 5.97 Å². The third kappa shape index (κ3) is 3.00. The second kappa shape index (κ2) is 5.08. The number of hydrogen-bond acceptors (Lipinski definition) is 2. The maximum Gasteiger partial charge on any atom is 0.303 e. The summed E-state index contributed by atoms with van der Waals surface area (Å²) in [6.07, 6.45) is 2.43. The first kappa shape index (κ1) is 12.4. The molecule has 0 radical (unpaired) electrons. The molecular weight excluding hydrogens is 284 g/mol. The second-order valence-electron chi connectivity index (χ2n) is 4.43. The summed E-state index contributed by atoms with van der Waals surface area (Å²) in [6, 6.07) is 5.80. The molecule has 1 fully saturated rings. The Morgan fingerprint density at radius 1 is 1.59 bits per heavy atom. The number of carboxylic acid groups (broad SMARTS) is 1. The average molecular weight is 299 g/mol. The molecular formula is C13H15BrO3. The zero-order chi connectivity index (χ0) is 12.4. The number of ether oxygens (including phenoxy) is 1. The van der Waals surface area contributed by atoms with Gasteiger partial charge >= 0.3 is 5.97 Å². The minimum absolute atomic E-state index is 0.0792. The normalized spacial score (nSPS) is 16.6. The van der Waals surface area contributed by atoms with Crippen LogP contribution in [0.25, 0.3) is 0 Å². The van der Waals surface area contributed by atoms with Crippen LogP contribution in [0.3, 0.4) is 0 Å². The first-order valence-electron chi connectivity index (χ1n) is 5.67. The highest BCUT2D eigenvalue weighted by Gasteiger charge is 2.35. The Labute approximate surface area is 109 Å². The molecule has 0 spiro atoms. The molecule has 1 aliphatic rings. The summed E-state index contributed by atoms with van der Waals surface area (Å²) >= 11 is 3.39. The number of carbonyl (C=O) groups is 1. The third-order valence-electron chi connectivity index (χ3n) is 3.18. The van der Waals surface area contributed by atoms with Crippen molar-refractivity contribution in [1.82, 2.24) is 0 Å². The van der Waals surface area contributed by atoms with E-state index in [4.69, 9.17) is 9.84 Å². The van der Waals surface area contributed by atoms with Gasteiger partial charge < -0.3 is 9.84 Å². The largest absolute Gasteiger partial charge is 0.496 e. The smallest absolute Gasteiger partial charge is 0.303 e. The van der Waals surface area contributed by atoms with Gasteiger partial charge in [0.15, 0.2) is 0 Å². The predicted molar refractivity (Wildman–Crippen MR) is 68.4 cm³/mol. The molecule has 0 aliphatic heterocycles. The molecule has 0 heterocycles. The van der Waals surface area contributed by atoms with Crippen molar-refractivity contribution >= 4 is 21.9 Å². The van der Waals surface area contributed by atoms with Crippen molar-refractivity contribution in [2.24, 2.45) is 5.92 Å². The second-order valence-corrected chi connectivity index (χ2v) is 5.34. The van der Waals surface area contributed by atoms with Crippen LogP contribution in [-0.4, -0.2) is 18.2 Å². The SMILES string of the molecule is COc1cc(Br)ccc1C(CC(=O)O)C1CC1. The Morgan fingerprint density at radius 3 is 2.82 bits per heavy atom. The summed E-state index contributed by atoms with van der Waals surface area (Å²) in [6.45, 7) is 0. The molecule has 92 valence electrons. The van der Waals surface area contributed by atoms with E-state index in [2.05, 4.69) is 15.9 Å². The molecule has 0 amide bonds. The summed E-state index contributed by atoms with van der Waals surface area (Å²) in [5.41, 5.74) is 1.01. The van der Waals surface area contributed by atoms with E-state index >= 15 is 0 Å². The van der Waals surface area contributed by atoms with Crippen molar-refractivity contribution in [1.29, 1.82) is 0 Å². The minimum atomic E-state index is -0.744. The lowest BCUT2D eigenvalue weighted by Gasteiger charge is -2.18. The van der Waals surface area contributed by atoms with Crippen LogP contribution < -0.4 is 4.74 Å². The number of carboxylic acids is 1. The Balaban J connectivity index is 2.31. The molecule has 1 aromatic rings. The van der Waals surface area contributed by atoms with Crippen LogP contribution in [0.4, 0.5) is 0 Å². The molecule has 1 aromatic carbocycles. The predicted octanol–water partition coefficient (Wildman–Crippen LogP) is 3.43. The van der Waals surface area contributed by atoms with Gasteiger partial charge in [-0.3, -0.25) is 4.79 Å². The number of halogens is 1. The highest BCUT2D eigenvalue weighted by atomic mass is 79.9. The lowest BCUT2D eigenvalue weighted by molar-refractivity contribution is -0.137. The van der Waals surface area contributed by atoms with Crippen LogP contribution in [0.15, 0.2) is 22.7 Å². The molecule has 1 N–H and O–H groups in total. The number of benzene rings is 1. The fourth-order valence-electron chi connectivity index (χ4n) is 2.21. The van der Waals surface area contributed by atoms with Gasteiger partial charge in [0.25, 0.3) is 0 Å². The molecule has 1 atom stereocenters. The van der Waals surface area contributed by atoms with Gasteiger partial charge in [-0.1, -0.05) is 22.0 Å². The first-order valence-corrected chi connectivity index (χ1v) is 6.46. The Kier molecular flexibility index (Phi) is 3.72. The lowest BCUT2D eigenvalue weighted by atomic mass is 9.90. The Morgan fingerprint density at radius 2 is 2.29 bits per heavy atom. The molecule has 1 unspecified atom stereocenters. The molecule has 1 saturated carbocycles. The topological polar surface area (TPSA) is 46.5 Å². The monoisotopic (exact) mass is 298 g/mol. The van der Waals surface area contributed by atoms with E-state index in [0.29, 0.717) is 5.92 Å². The van der Waals surface area contributed by atoms with Crippen molar-refractivity contribution in [3.8, 4) is 5.75 Å². The van der Waals surface area contributed by atoms with Crippen LogP contribution in [0.1, 0.15) is 30.7 Å². The van der Waals surface area contributed by atoms with E-state index in [0.717, 1.165) is 28.6 Å². The molecule has 4 heteroatoms. The van der Waals surface area contributed by atoms with E-state index in [1.807, 2.05) is 18.2 Å². The summed E-state index contributed by atoms with van der Waals surface area (Å²) in [5.74, 6) is 0.612. The van der Waals surface area contributed by atoms with Gasteiger partial charge in [-0.05, 0) is 36.5 Å². The highest BCUT2D eigenvalue weighted by molar-refractivity contribution is 9.10. The van der Waals surface area contributed by atoms with E-state index in [1.165, 1.54) is 0 Å². The standard InChI is InChI=1S/C13H15BrO3/c1-17-12-6-9(14)4-5-10(12)11(7-13(15)16)8-2-3-8/h4-6,8,11H,2-3,7H2,1H3,(H,15,16). The van der Waals surface area contributed by atoms with Crippen LogP contribution >= 0.6 is 15.9 Å². The van der Waals surface area contributed by atoms with Crippen LogP contribution in [0.5, 0.6) is 5.75 Å². The summed E-state index contributed by atoms with van der Waals surface area (Å²) in [4.78, 5) is 10.9. The fourth-order valence-corrected chi connectivity index (χ4v) is 2.55. The number of methoxy groups -OCH3 is 1. The van der Waals surface area contributed by atoms with Gasteiger partial charge in [-0.25, -0.2) is 0 Å². The molecule has 2 rings (SSSR count). The van der Waals surface area contributed by atoms with Crippen molar-refractivity contribution < 1.29 is 14.6 Å². The summed E-state index contributed by atoms with van der Waals surface area (Å²) in [5, 5.41) is 8.99. The molecule has 0 saturated heterocycles. The molecule has 3 nitrogen and oxygen atoms in total. The molecule has 1 aliphatic carbocycles. The first-order chi connectivity index (χ1) is 8.11. The van der Waals surface area contributed by atoms with E-state index in [9.17, 15) is 4.79 Å². The number of aliphatic carboxylic acids is 1. The van der Waals surface area contributed by atoms with Gasteiger partial charge in [-0.15, -0.1) is 0 Å². The van der Waals surface area contributed by atoms with Gasteiger partial charge in [0.05, 0.1) is 13.5 Å². The van der Waals surface area contributed by atoms with Gasteiger partial charge in [0, 0.05) is 10.4 Å². The minimum Gasteiger partial charge on any atom is -0.496 e. The van der Waals surface area contributed by atoms with Crippen LogP contribution in [-0.2, 0) is 4.79 Å². The maximum absolute atomic E-state index is 10.9.